The van der Waals surface area contributed by atoms with Crippen molar-refractivity contribution in [1.82, 2.24) is 20.4 Å². The number of unbranched alkanes of at least 4 members (excludes halogenated alkanes) is 1. The van der Waals surface area contributed by atoms with Crippen LogP contribution in [-0.4, -0.2) is 42.5 Å². The molecule has 0 aromatic carbocycles. The second-order valence-electron chi connectivity index (χ2n) is 4.62. The second kappa shape index (κ2) is 10.3. The lowest BCUT2D eigenvalue weighted by molar-refractivity contribution is 0.129. The van der Waals surface area contributed by atoms with E-state index in [1.807, 2.05) is 17.8 Å². The van der Waals surface area contributed by atoms with E-state index in [-0.39, 0.29) is 0 Å². The number of aryl methyl sites for hydroxylation is 1. The maximum absolute atomic E-state index is 5.51. The molecule has 0 aliphatic carbocycles. The molecule has 0 saturated heterocycles. The predicted molar refractivity (Wildman–Crippen MR) is 81.8 cm³/mol. The number of rotatable bonds is 9. The Morgan fingerprint density at radius 1 is 1.35 bits per heavy atom. The maximum Gasteiger partial charge on any atom is 0.191 e. The van der Waals surface area contributed by atoms with Gasteiger partial charge in [0.05, 0.1) is 12.2 Å². The topological polar surface area (TPSA) is 63.5 Å². The number of ether oxygens (including phenoxy) is 1. The Labute approximate surface area is 121 Å². The highest BCUT2D eigenvalue weighted by Gasteiger charge is 2.00. The Balaban J connectivity index is 2.10. The van der Waals surface area contributed by atoms with Crippen LogP contribution in [0.3, 0.4) is 0 Å². The summed E-state index contributed by atoms with van der Waals surface area (Å²) in [5.74, 6) is 0.805. The van der Waals surface area contributed by atoms with Crippen molar-refractivity contribution in [1.29, 1.82) is 0 Å². The number of hydrogen-bond donors (Lipinski definition) is 2. The molecule has 2 N–H and O–H groups in total. The molecule has 1 aromatic rings. The average Bonchev–Trinajstić information content (AvgIpc) is 2.86. The first-order valence-corrected chi connectivity index (χ1v) is 7.27. The largest absolute Gasteiger partial charge is 0.381 e. The van der Waals surface area contributed by atoms with Crippen molar-refractivity contribution in [3.8, 4) is 0 Å². The standard InChI is InChI=1S/C14H27N5O/c1-4-5-10-20-11-6-8-16-14(15-2)17-12-13-7-9-18-19(13)3/h7,9H,4-6,8,10-12H2,1-3H3,(H2,15,16,17). The molecule has 0 aliphatic heterocycles. The van der Waals surface area contributed by atoms with Crippen molar-refractivity contribution >= 4 is 5.96 Å². The summed E-state index contributed by atoms with van der Waals surface area (Å²) in [6.45, 7) is 5.40. The highest BCUT2D eigenvalue weighted by molar-refractivity contribution is 5.79. The van der Waals surface area contributed by atoms with Gasteiger partial charge in [-0.15, -0.1) is 0 Å². The lowest BCUT2D eigenvalue weighted by Gasteiger charge is -2.12. The number of aromatic nitrogens is 2. The third kappa shape index (κ3) is 6.56. The molecule has 1 aromatic heterocycles. The molecule has 6 heteroatoms. The van der Waals surface area contributed by atoms with E-state index in [1.54, 1.807) is 13.2 Å². The first-order chi connectivity index (χ1) is 9.77. The van der Waals surface area contributed by atoms with Gasteiger partial charge in [0.2, 0.25) is 0 Å². The zero-order valence-corrected chi connectivity index (χ0v) is 12.9. The van der Waals surface area contributed by atoms with Crippen LogP contribution in [0.2, 0.25) is 0 Å². The van der Waals surface area contributed by atoms with Crippen LogP contribution in [-0.2, 0) is 18.3 Å². The maximum atomic E-state index is 5.51. The molecule has 6 nitrogen and oxygen atoms in total. The fourth-order valence-corrected chi connectivity index (χ4v) is 1.70. The van der Waals surface area contributed by atoms with Gasteiger partial charge in [-0.3, -0.25) is 9.67 Å². The fourth-order valence-electron chi connectivity index (χ4n) is 1.70. The summed E-state index contributed by atoms with van der Waals surface area (Å²) < 4.78 is 7.36. The molecule has 114 valence electrons. The van der Waals surface area contributed by atoms with Crippen LogP contribution in [0.1, 0.15) is 31.9 Å². The van der Waals surface area contributed by atoms with Crippen LogP contribution in [0.15, 0.2) is 17.3 Å². The lowest BCUT2D eigenvalue weighted by atomic mass is 10.4. The fraction of sp³-hybridized carbons (Fsp3) is 0.714. The molecule has 0 spiro atoms. The molecule has 0 bridgehead atoms. The van der Waals surface area contributed by atoms with Gasteiger partial charge in [-0.25, -0.2) is 0 Å². The Hall–Kier alpha value is -1.56. The zero-order chi connectivity index (χ0) is 14.6. The first-order valence-electron chi connectivity index (χ1n) is 7.27. The number of hydrogen-bond acceptors (Lipinski definition) is 3. The Bertz CT molecular complexity index is 389. The molecular weight excluding hydrogens is 254 g/mol. The van der Waals surface area contributed by atoms with Crippen molar-refractivity contribution in [2.24, 2.45) is 12.0 Å². The van der Waals surface area contributed by atoms with E-state index in [4.69, 9.17) is 4.74 Å². The summed E-state index contributed by atoms with van der Waals surface area (Å²) in [7, 11) is 3.71. The van der Waals surface area contributed by atoms with Gasteiger partial charge in [-0.05, 0) is 18.9 Å². The summed E-state index contributed by atoms with van der Waals surface area (Å²) in [4.78, 5) is 4.19. The van der Waals surface area contributed by atoms with E-state index in [1.165, 1.54) is 6.42 Å². The monoisotopic (exact) mass is 281 g/mol. The molecule has 20 heavy (non-hydrogen) atoms. The van der Waals surface area contributed by atoms with Crippen molar-refractivity contribution in [3.63, 3.8) is 0 Å². The van der Waals surface area contributed by atoms with E-state index >= 15 is 0 Å². The second-order valence-corrected chi connectivity index (χ2v) is 4.62. The van der Waals surface area contributed by atoms with Gasteiger partial charge in [-0.1, -0.05) is 13.3 Å². The normalized spacial score (nSPS) is 11.7. The van der Waals surface area contributed by atoms with E-state index < -0.39 is 0 Å². The molecular formula is C14H27N5O. The van der Waals surface area contributed by atoms with Gasteiger partial charge in [0.25, 0.3) is 0 Å². The molecule has 0 atom stereocenters. The quantitative estimate of drug-likeness (QED) is 0.407. The molecule has 0 fully saturated rings. The van der Waals surface area contributed by atoms with Crippen LogP contribution in [0, 0.1) is 0 Å². The zero-order valence-electron chi connectivity index (χ0n) is 12.9. The number of nitrogens with one attached hydrogen (secondary N) is 2. The van der Waals surface area contributed by atoms with Crippen LogP contribution < -0.4 is 10.6 Å². The van der Waals surface area contributed by atoms with Gasteiger partial charge >= 0.3 is 0 Å². The smallest absolute Gasteiger partial charge is 0.191 e. The molecule has 0 unspecified atom stereocenters. The molecule has 0 amide bonds. The van der Waals surface area contributed by atoms with Gasteiger partial charge < -0.3 is 15.4 Å². The molecule has 1 heterocycles. The van der Waals surface area contributed by atoms with Crippen molar-refractivity contribution in [2.45, 2.75) is 32.7 Å². The summed E-state index contributed by atoms with van der Waals surface area (Å²) in [6, 6.07) is 1.99. The van der Waals surface area contributed by atoms with Gasteiger partial charge in [0.15, 0.2) is 5.96 Å². The number of guanidine groups is 1. The summed E-state index contributed by atoms with van der Waals surface area (Å²) in [6.07, 6.45) is 5.10. The third-order valence-electron chi connectivity index (χ3n) is 2.98. The van der Waals surface area contributed by atoms with Crippen LogP contribution in [0.25, 0.3) is 0 Å². The minimum Gasteiger partial charge on any atom is -0.381 e. The van der Waals surface area contributed by atoms with Crippen LogP contribution in [0.5, 0.6) is 0 Å². The summed E-state index contributed by atoms with van der Waals surface area (Å²) >= 11 is 0. The van der Waals surface area contributed by atoms with Gasteiger partial charge in [-0.2, -0.15) is 5.10 Å². The van der Waals surface area contributed by atoms with Crippen LogP contribution in [0.4, 0.5) is 0 Å². The van der Waals surface area contributed by atoms with E-state index in [9.17, 15) is 0 Å². The van der Waals surface area contributed by atoms with E-state index in [0.29, 0.717) is 6.54 Å². The predicted octanol–water partition coefficient (Wildman–Crippen LogP) is 1.29. The minimum absolute atomic E-state index is 0.711. The molecule has 0 aliphatic rings. The minimum atomic E-state index is 0.711. The Morgan fingerprint density at radius 2 is 2.15 bits per heavy atom. The Morgan fingerprint density at radius 3 is 2.80 bits per heavy atom. The van der Waals surface area contributed by atoms with Crippen molar-refractivity contribution in [2.75, 3.05) is 26.8 Å². The first kappa shape index (κ1) is 16.5. The number of nitrogens with zero attached hydrogens (tertiary/aromatic N) is 3. The molecule has 0 radical (unpaired) electrons. The Kier molecular flexibility index (Phi) is 8.46. The average molecular weight is 281 g/mol. The lowest BCUT2D eigenvalue weighted by Crippen LogP contribution is -2.38. The molecule has 1 rings (SSSR count). The molecule has 0 saturated carbocycles. The van der Waals surface area contributed by atoms with E-state index in [0.717, 1.165) is 44.3 Å². The highest BCUT2D eigenvalue weighted by Crippen LogP contribution is 1.94. The van der Waals surface area contributed by atoms with Gasteiger partial charge in [0.1, 0.15) is 0 Å². The summed E-state index contributed by atoms with van der Waals surface area (Å²) in [5.41, 5.74) is 1.12. The highest BCUT2D eigenvalue weighted by atomic mass is 16.5. The summed E-state index contributed by atoms with van der Waals surface area (Å²) in [5, 5.41) is 10.7. The van der Waals surface area contributed by atoms with Crippen LogP contribution >= 0.6 is 0 Å². The SMILES string of the molecule is CCCCOCCCNC(=NC)NCc1ccnn1C. The van der Waals surface area contributed by atoms with E-state index in [2.05, 4.69) is 27.6 Å². The van der Waals surface area contributed by atoms with Gasteiger partial charge in [0, 0.05) is 40.1 Å². The third-order valence-corrected chi connectivity index (χ3v) is 2.98. The van der Waals surface area contributed by atoms with Crippen molar-refractivity contribution < 1.29 is 4.74 Å². The number of aliphatic imine (C=N–C) groups is 1. The van der Waals surface area contributed by atoms with Crippen molar-refractivity contribution in [3.05, 3.63) is 18.0 Å².